The number of benzene rings is 2. The predicted octanol–water partition coefficient (Wildman–Crippen LogP) is 3.84. The molecule has 1 aliphatic heterocycles. The highest BCUT2D eigenvalue weighted by molar-refractivity contribution is 6.51. The third kappa shape index (κ3) is 4.05. The third-order valence-electron chi connectivity index (χ3n) is 5.77. The average Bonchev–Trinajstić information content (AvgIpc) is 3.09. The van der Waals surface area contributed by atoms with E-state index in [2.05, 4.69) is 4.98 Å². The topological polar surface area (TPSA) is 77.0 Å². The Bertz CT molecular complexity index is 1200. The van der Waals surface area contributed by atoms with Gasteiger partial charge in [0.1, 0.15) is 5.76 Å². The number of aromatic nitrogens is 1. The number of Topliss-reactive ketones (excluding diaryl/α,β-unsaturated/α-hetero) is 1. The fraction of sp³-hybridized carbons (Fsp3) is 0.192. The molecule has 1 amide bonds. The molecule has 4 rings (SSSR count). The number of nitrogens with zero attached hydrogens (tertiary/aromatic N) is 4. The van der Waals surface area contributed by atoms with Crippen LogP contribution < -0.4 is 14.7 Å². The van der Waals surface area contributed by atoms with E-state index in [1.165, 1.54) is 17.3 Å². The van der Waals surface area contributed by atoms with E-state index in [0.29, 0.717) is 11.3 Å². The number of carbonyl (C=O) groups excluding carboxylic acids is 2. The van der Waals surface area contributed by atoms with E-state index in [0.717, 1.165) is 16.9 Å². The largest absolute Gasteiger partial charge is 0.507 e. The van der Waals surface area contributed by atoms with Gasteiger partial charge in [-0.25, -0.2) is 0 Å². The molecular weight excluding hydrogens is 416 g/mol. The lowest BCUT2D eigenvalue weighted by atomic mass is 9.95. The van der Waals surface area contributed by atoms with E-state index >= 15 is 0 Å². The second-order valence-electron chi connectivity index (χ2n) is 8.30. The predicted molar refractivity (Wildman–Crippen MR) is 131 cm³/mol. The van der Waals surface area contributed by atoms with Gasteiger partial charge in [-0.1, -0.05) is 12.1 Å². The van der Waals surface area contributed by atoms with Gasteiger partial charge in [0.2, 0.25) is 0 Å². The highest BCUT2D eigenvalue weighted by atomic mass is 16.3. The van der Waals surface area contributed by atoms with Gasteiger partial charge in [0, 0.05) is 63.2 Å². The first-order valence-electron chi connectivity index (χ1n) is 10.6. The van der Waals surface area contributed by atoms with Crippen molar-refractivity contribution in [3.63, 3.8) is 0 Å². The molecule has 0 radical (unpaired) electrons. The van der Waals surface area contributed by atoms with Crippen LogP contribution in [-0.4, -0.2) is 50.0 Å². The molecule has 1 aliphatic rings. The summed E-state index contributed by atoms with van der Waals surface area (Å²) in [6, 6.07) is 17.5. The Morgan fingerprint density at radius 2 is 1.33 bits per heavy atom. The van der Waals surface area contributed by atoms with Gasteiger partial charge in [-0.3, -0.25) is 19.5 Å². The Kier molecular flexibility index (Phi) is 5.87. The molecule has 7 heteroatoms. The molecule has 1 fully saturated rings. The standard InChI is InChI=1S/C26H26N4O3/c1-28(2)19-7-5-17(6-8-19)23-22(24(31)18-13-15-27-16-14-18)25(32)26(33)30(23)21-11-9-20(10-12-21)29(3)4/h5-16,23,31H,1-4H3/b24-22-. The molecule has 168 valence electrons. The fourth-order valence-corrected chi connectivity index (χ4v) is 3.95. The summed E-state index contributed by atoms with van der Waals surface area (Å²) in [7, 11) is 7.75. The number of anilines is 3. The number of hydrogen-bond acceptors (Lipinski definition) is 6. The van der Waals surface area contributed by atoms with Crippen molar-refractivity contribution in [1.82, 2.24) is 4.98 Å². The summed E-state index contributed by atoms with van der Waals surface area (Å²) >= 11 is 0. The van der Waals surface area contributed by atoms with Gasteiger partial charge in [-0.05, 0) is 54.1 Å². The normalized spacial score (nSPS) is 17.3. The van der Waals surface area contributed by atoms with Crippen molar-refractivity contribution in [3.8, 4) is 0 Å². The molecule has 0 saturated carbocycles. The SMILES string of the molecule is CN(C)c1ccc(C2/C(=C(/O)c3ccncc3)C(=O)C(=O)N2c2ccc(N(C)C)cc2)cc1. The van der Waals surface area contributed by atoms with Crippen LogP contribution in [0.15, 0.2) is 78.6 Å². The Morgan fingerprint density at radius 3 is 1.85 bits per heavy atom. The quantitative estimate of drug-likeness (QED) is 0.368. The number of amides is 1. The summed E-state index contributed by atoms with van der Waals surface area (Å²) in [6.07, 6.45) is 3.07. The van der Waals surface area contributed by atoms with Gasteiger partial charge >= 0.3 is 0 Å². The van der Waals surface area contributed by atoms with Crippen LogP contribution in [0.25, 0.3) is 5.76 Å². The van der Waals surface area contributed by atoms with Crippen LogP contribution in [-0.2, 0) is 9.59 Å². The van der Waals surface area contributed by atoms with E-state index in [4.69, 9.17) is 0 Å². The van der Waals surface area contributed by atoms with Crippen LogP contribution in [0.3, 0.4) is 0 Å². The number of rotatable bonds is 5. The van der Waals surface area contributed by atoms with Crippen molar-refractivity contribution in [2.24, 2.45) is 0 Å². The number of carbonyl (C=O) groups is 2. The van der Waals surface area contributed by atoms with Crippen LogP contribution in [0.1, 0.15) is 17.2 Å². The second kappa shape index (κ2) is 8.78. The van der Waals surface area contributed by atoms with Gasteiger partial charge in [-0.2, -0.15) is 0 Å². The maximum atomic E-state index is 13.2. The van der Waals surface area contributed by atoms with Crippen LogP contribution in [0.4, 0.5) is 17.1 Å². The zero-order valence-corrected chi connectivity index (χ0v) is 19.1. The average molecular weight is 443 g/mol. The molecule has 0 spiro atoms. The summed E-state index contributed by atoms with van der Waals surface area (Å²) in [5.41, 5.74) is 3.76. The van der Waals surface area contributed by atoms with Crippen LogP contribution in [0, 0.1) is 0 Å². The molecule has 1 unspecified atom stereocenters. The zero-order valence-electron chi connectivity index (χ0n) is 19.1. The molecule has 2 heterocycles. The summed E-state index contributed by atoms with van der Waals surface area (Å²) < 4.78 is 0. The molecule has 0 aliphatic carbocycles. The van der Waals surface area contributed by atoms with Gasteiger partial charge in [0.15, 0.2) is 0 Å². The molecule has 7 nitrogen and oxygen atoms in total. The smallest absolute Gasteiger partial charge is 0.300 e. The van der Waals surface area contributed by atoms with Crippen LogP contribution in [0.5, 0.6) is 0 Å². The number of aliphatic hydroxyl groups excluding tert-OH is 1. The summed E-state index contributed by atoms with van der Waals surface area (Å²) in [5, 5.41) is 11.1. The molecule has 1 N–H and O–H groups in total. The van der Waals surface area contributed by atoms with E-state index in [-0.39, 0.29) is 11.3 Å². The summed E-state index contributed by atoms with van der Waals surface area (Å²) in [6.45, 7) is 0. The first-order valence-corrected chi connectivity index (χ1v) is 10.6. The zero-order chi connectivity index (χ0) is 23.7. The number of pyridine rings is 1. The van der Waals surface area contributed by atoms with E-state index < -0.39 is 17.7 Å². The van der Waals surface area contributed by atoms with Crippen molar-refractivity contribution in [2.45, 2.75) is 6.04 Å². The summed E-state index contributed by atoms with van der Waals surface area (Å²) in [4.78, 5) is 35.8. The molecule has 1 atom stereocenters. The highest BCUT2D eigenvalue weighted by Gasteiger charge is 2.46. The van der Waals surface area contributed by atoms with Gasteiger partial charge < -0.3 is 14.9 Å². The minimum absolute atomic E-state index is 0.0560. The summed E-state index contributed by atoms with van der Waals surface area (Å²) in [5.74, 6) is -1.61. The maximum Gasteiger partial charge on any atom is 0.300 e. The van der Waals surface area contributed by atoms with Crippen molar-refractivity contribution >= 4 is 34.5 Å². The molecule has 2 aromatic carbocycles. The first kappa shape index (κ1) is 22.1. The molecule has 33 heavy (non-hydrogen) atoms. The number of ketones is 1. The van der Waals surface area contributed by atoms with Gasteiger partial charge in [0.25, 0.3) is 11.7 Å². The fourth-order valence-electron chi connectivity index (χ4n) is 3.95. The van der Waals surface area contributed by atoms with Gasteiger partial charge in [0.05, 0.1) is 11.6 Å². The minimum Gasteiger partial charge on any atom is -0.507 e. The lowest BCUT2D eigenvalue weighted by Gasteiger charge is -2.26. The Balaban J connectivity index is 1.89. The van der Waals surface area contributed by atoms with Crippen molar-refractivity contribution < 1.29 is 14.7 Å². The Labute approximate surface area is 193 Å². The van der Waals surface area contributed by atoms with Crippen molar-refractivity contribution in [2.75, 3.05) is 42.9 Å². The monoisotopic (exact) mass is 442 g/mol. The molecular formula is C26H26N4O3. The highest BCUT2D eigenvalue weighted by Crippen LogP contribution is 2.42. The molecule has 3 aromatic rings. The Hall–Kier alpha value is -4.13. The van der Waals surface area contributed by atoms with Crippen LogP contribution in [0.2, 0.25) is 0 Å². The third-order valence-corrected chi connectivity index (χ3v) is 5.77. The first-order chi connectivity index (χ1) is 15.8. The van der Waals surface area contributed by atoms with Crippen molar-refractivity contribution in [1.29, 1.82) is 0 Å². The number of hydrogen-bond donors (Lipinski definition) is 1. The van der Waals surface area contributed by atoms with E-state index in [9.17, 15) is 14.7 Å². The second-order valence-corrected chi connectivity index (χ2v) is 8.30. The minimum atomic E-state index is -0.764. The lowest BCUT2D eigenvalue weighted by molar-refractivity contribution is -0.132. The van der Waals surface area contributed by atoms with Crippen LogP contribution >= 0.6 is 0 Å². The lowest BCUT2D eigenvalue weighted by Crippen LogP contribution is -2.29. The van der Waals surface area contributed by atoms with Crippen molar-refractivity contribution in [3.05, 3.63) is 89.8 Å². The molecule has 0 bridgehead atoms. The van der Waals surface area contributed by atoms with E-state index in [1.54, 1.807) is 12.1 Å². The Morgan fingerprint density at radius 1 is 0.818 bits per heavy atom. The number of aliphatic hydroxyl groups is 1. The molecule has 1 aromatic heterocycles. The van der Waals surface area contributed by atoms with Gasteiger partial charge in [-0.15, -0.1) is 0 Å². The molecule has 1 saturated heterocycles. The van der Waals surface area contributed by atoms with E-state index in [1.807, 2.05) is 86.5 Å². The maximum absolute atomic E-state index is 13.2.